The van der Waals surface area contributed by atoms with E-state index in [0.29, 0.717) is 6.04 Å². The van der Waals surface area contributed by atoms with Crippen LogP contribution in [-0.4, -0.2) is 16.0 Å². The third kappa shape index (κ3) is 2.53. The van der Waals surface area contributed by atoms with Crippen LogP contribution in [0.25, 0.3) is 0 Å². The minimum Gasteiger partial charge on any atom is -0.368 e. The maximum Gasteiger partial charge on any atom is 0.129 e. The van der Waals surface area contributed by atoms with Gasteiger partial charge in [-0.3, -0.25) is 0 Å². The Kier molecular flexibility index (Phi) is 2.41. The van der Waals surface area contributed by atoms with Crippen molar-refractivity contribution in [3.8, 4) is 0 Å². The molecule has 0 spiro atoms. The van der Waals surface area contributed by atoms with E-state index < -0.39 is 0 Å². The summed E-state index contributed by atoms with van der Waals surface area (Å²) in [5, 5.41) is 3.19. The Morgan fingerprint density at radius 2 is 2.09 bits per heavy atom. The Balaban J connectivity index is 2.71. The summed E-state index contributed by atoms with van der Waals surface area (Å²) in [6, 6.07) is 2.35. The van der Waals surface area contributed by atoms with Crippen molar-refractivity contribution in [1.82, 2.24) is 9.97 Å². The monoisotopic (exact) mass is 151 g/mol. The Bertz CT molecular complexity index is 233. The Morgan fingerprint density at radius 1 is 1.36 bits per heavy atom. The second-order valence-corrected chi connectivity index (χ2v) is 2.84. The van der Waals surface area contributed by atoms with E-state index in [2.05, 4.69) is 29.1 Å². The summed E-state index contributed by atoms with van der Waals surface area (Å²) in [6.45, 7) is 6.11. The molecule has 0 aromatic carbocycles. The van der Waals surface area contributed by atoms with E-state index in [1.54, 1.807) is 6.33 Å². The average Bonchev–Trinajstić information content (AvgIpc) is 1.85. The number of aromatic nitrogens is 2. The molecule has 1 rings (SSSR count). The summed E-state index contributed by atoms with van der Waals surface area (Å²) < 4.78 is 0. The molecule has 1 N–H and O–H groups in total. The summed E-state index contributed by atoms with van der Waals surface area (Å²) >= 11 is 0. The first kappa shape index (κ1) is 7.98. The van der Waals surface area contributed by atoms with Gasteiger partial charge in [0.2, 0.25) is 0 Å². The summed E-state index contributed by atoms with van der Waals surface area (Å²) in [5.41, 5.74) is 0.989. The predicted molar refractivity (Wildman–Crippen MR) is 45.5 cm³/mol. The molecule has 11 heavy (non-hydrogen) atoms. The molecule has 3 nitrogen and oxygen atoms in total. The number of hydrogen-bond acceptors (Lipinski definition) is 3. The molecule has 1 heterocycles. The summed E-state index contributed by atoms with van der Waals surface area (Å²) in [7, 11) is 0. The van der Waals surface area contributed by atoms with Crippen LogP contribution in [0, 0.1) is 6.92 Å². The molecule has 0 amide bonds. The van der Waals surface area contributed by atoms with Crippen molar-refractivity contribution in [2.24, 2.45) is 0 Å². The predicted octanol–water partition coefficient (Wildman–Crippen LogP) is 1.61. The second-order valence-electron chi connectivity index (χ2n) is 2.84. The van der Waals surface area contributed by atoms with Crippen LogP contribution in [0.3, 0.4) is 0 Å². The van der Waals surface area contributed by atoms with Gasteiger partial charge >= 0.3 is 0 Å². The van der Waals surface area contributed by atoms with E-state index in [9.17, 15) is 0 Å². The topological polar surface area (TPSA) is 37.8 Å². The van der Waals surface area contributed by atoms with Crippen LogP contribution in [0.2, 0.25) is 0 Å². The highest BCUT2D eigenvalue weighted by molar-refractivity contribution is 5.34. The molecule has 0 atom stereocenters. The average molecular weight is 151 g/mol. The van der Waals surface area contributed by atoms with Crippen LogP contribution in [0.5, 0.6) is 0 Å². The lowest BCUT2D eigenvalue weighted by Crippen LogP contribution is -2.11. The van der Waals surface area contributed by atoms with E-state index in [1.807, 2.05) is 13.0 Å². The van der Waals surface area contributed by atoms with Crippen LogP contribution in [0.15, 0.2) is 12.4 Å². The highest BCUT2D eigenvalue weighted by Gasteiger charge is 1.95. The van der Waals surface area contributed by atoms with E-state index in [-0.39, 0.29) is 0 Å². The Labute approximate surface area is 66.9 Å². The lowest BCUT2D eigenvalue weighted by molar-refractivity contribution is 0.884. The first-order valence-electron chi connectivity index (χ1n) is 3.73. The highest BCUT2D eigenvalue weighted by atomic mass is 15.0. The van der Waals surface area contributed by atoms with Crippen molar-refractivity contribution in [3.63, 3.8) is 0 Å². The number of anilines is 1. The number of nitrogens with one attached hydrogen (secondary N) is 1. The minimum atomic E-state index is 0.421. The number of rotatable bonds is 2. The molecule has 0 aliphatic rings. The largest absolute Gasteiger partial charge is 0.368 e. The number of nitrogens with zero attached hydrogens (tertiary/aromatic N) is 2. The van der Waals surface area contributed by atoms with E-state index in [0.717, 1.165) is 11.5 Å². The van der Waals surface area contributed by atoms with Crippen molar-refractivity contribution in [2.75, 3.05) is 5.32 Å². The van der Waals surface area contributed by atoms with Gasteiger partial charge in [0.15, 0.2) is 0 Å². The van der Waals surface area contributed by atoms with Crippen molar-refractivity contribution >= 4 is 5.82 Å². The van der Waals surface area contributed by atoms with Crippen LogP contribution in [0.4, 0.5) is 5.82 Å². The first-order valence-corrected chi connectivity index (χ1v) is 3.73. The van der Waals surface area contributed by atoms with Crippen LogP contribution >= 0.6 is 0 Å². The van der Waals surface area contributed by atoms with Gasteiger partial charge in [-0.25, -0.2) is 9.97 Å². The third-order valence-corrected chi connectivity index (χ3v) is 1.24. The maximum atomic E-state index is 4.06. The van der Waals surface area contributed by atoms with E-state index >= 15 is 0 Å². The molecule has 1 aromatic rings. The molecule has 0 bridgehead atoms. The van der Waals surface area contributed by atoms with Gasteiger partial charge in [-0.1, -0.05) is 0 Å². The Morgan fingerprint density at radius 3 is 2.64 bits per heavy atom. The van der Waals surface area contributed by atoms with Crippen molar-refractivity contribution in [1.29, 1.82) is 0 Å². The molecule has 60 valence electrons. The smallest absolute Gasteiger partial charge is 0.129 e. The number of aryl methyl sites for hydroxylation is 1. The molecule has 0 saturated carbocycles. The SMILES string of the molecule is Cc1cc(NC(C)C)ncn1. The van der Waals surface area contributed by atoms with Crippen LogP contribution in [0.1, 0.15) is 19.5 Å². The van der Waals surface area contributed by atoms with Gasteiger partial charge in [0, 0.05) is 17.8 Å². The highest BCUT2D eigenvalue weighted by Crippen LogP contribution is 2.03. The normalized spacial score (nSPS) is 10.2. The standard InChI is InChI=1S/C8H13N3/c1-6(2)11-8-4-7(3)9-5-10-8/h4-6H,1-3H3,(H,9,10,11). The summed E-state index contributed by atoms with van der Waals surface area (Å²) in [4.78, 5) is 8.05. The van der Waals surface area contributed by atoms with Gasteiger partial charge in [0.1, 0.15) is 12.1 Å². The molecule has 0 aliphatic heterocycles. The first-order chi connectivity index (χ1) is 5.18. The maximum absolute atomic E-state index is 4.06. The summed E-state index contributed by atoms with van der Waals surface area (Å²) in [6.07, 6.45) is 1.57. The lowest BCUT2D eigenvalue weighted by atomic mass is 10.3. The molecule has 3 heteroatoms. The van der Waals surface area contributed by atoms with E-state index in [1.165, 1.54) is 0 Å². The van der Waals surface area contributed by atoms with Gasteiger partial charge < -0.3 is 5.32 Å². The molecule has 0 radical (unpaired) electrons. The van der Waals surface area contributed by atoms with Gasteiger partial charge in [-0.05, 0) is 20.8 Å². The van der Waals surface area contributed by atoms with Crippen LogP contribution in [-0.2, 0) is 0 Å². The van der Waals surface area contributed by atoms with Gasteiger partial charge in [0.05, 0.1) is 0 Å². The zero-order chi connectivity index (χ0) is 8.27. The lowest BCUT2D eigenvalue weighted by Gasteiger charge is -2.07. The molecular formula is C8H13N3. The number of hydrogen-bond donors (Lipinski definition) is 1. The fourth-order valence-corrected chi connectivity index (χ4v) is 0.829. The van der Waals surface area contributed by atoms with Gasteiger partial charge in [0.25, 0.3) is 0 Å². The molecule has 0 unspecified atom stereocenters. The van der Waals surface area contributed by atoms with Gasteiger partial charge in [-0.15, -0.1) is 0 Å². The molecule has 0 aliphatic carbocycles. The fourth-order valence-electron chi connectivity index (χ4n) is 0.829. The molecular weight excluding hydrogens is 138 g/mol. The van der Waals surface area contributed by atoms with E-state index in [4.69, 9.17) is 0 Å². The fraction of sp³-hybridized carbons (Fsp3) is 0.500. The zero-order valence-corrected chi connectivity index (χ0v) is 7.13. The van der Waals surface area contributed by atoms with Gasteiger partial charge in [-0.2, -0.15) is 0 Å². The quantitative estimate of drug-likeness (QED) is 0.697. The van der Waals surface area contributed by atoms with Crippen molar-refractivity contribution in [2.45, 2.75) is 26.8 Å². The minimum absolute atomic E-state index is 0.421. The zero-order valence-electron chi connectivity index (χ0n) is 7.13. The van der Waals surface area contributed by atoms with Crippen molar-refractivity contribution < 1.29 is 0 Å². The molecule has 0 fully saturated rings. The van der Waals surface area contributed by atoms with Crippen molar-refractivity contribution in [3.05, 3.63) is 18.1 Å². The molecule has 1 aromatic heterocycles. The van der Waals surface area contributed by atoms with Crippen LogP contribution < -0.4 is 5.32 Å². The molecule has 0 saturated heterocycles. The third-order valence-electron chi connectivity index (χ3n) is 1.24. The Hall–Kier alpha value is -1.12. The summed E-state index contributed by atoms with van der Waals surface area (Å²) in [5.74, 6) is 0.896. The second kappa shape index (κ2) is 3.32.